The third-order valence-corrected chi connectivity index (χ3v) is 1.83. The molecular formula is C8H14N2O3S. The molecule has 0 unspecified atom stereocenters. The Kier molecular flexibility index (Phi) is 6.06. The summed E-state index contributed by atoms with van der Waals surface area (Å²) in [5, 5.41) is 0. The van der Waals surface area contributed by atoms with Gasteiger partial charge in [-0.15, -0.1) is 0 Å². The van der Waals surface area contributed by atoms with Gasteiger partial charge in [-0.1, -0.05) is 30.3 Å². The van der Waals surface area contributed by atoms with Crippen LogP contribution in [0.4, 0.5) is 0 Å². The standard InChI is InChI=1S/C8H10O3S.H4N2/c1-12(9,10)11-7-8-5-3-2-4-6-8;1-2/h2-6H,7H2,1H3;1-2H2. The third kappa shape index (κ3) is 6.55. The van der Waals surface area contributed by atoms with Crippen molar-refractivity contribution in [3.05, 3.63) is 35.9 Å². The predicted octanol–water partition coefficient (Wildman–Crippen LogP) is -0.0184. The van der Waals surface area contributed by atoms with Gasteiger partial charge in [0.1, 0.15) is 0 Å². The van der Waals surface area contributed by atoms with Crippen molar-refractivity contribution in [1.29, 1.82) is 0 Å². The molecule has 0 saturated carbocycles. The fourth-order valence-electron chi connectivity index (χ4n) is 0.749. The first-order chi connectivity index (χ1) is 6.58. The highest BCUT2D eigenvalue weighted by Crippen LogP contribution is 2.02. The number of hydrogen-bond donors (Lipinski definition) is 2. The largest absolute Gasteiger partial charge is 0.274 e. The Bertz CT molecular complexity index is 337. The average Bonchev–Trinajstić information content (AvgIpc) is 2.19. The second-order valence-electron chi connectivity index (χ2n) is 2.45. The number of hydrogen-bond acceptors (Lipinski definition) is 5. The molecule has 0 radical (unpaired) electrons. The van der Waals surface area contributed by atoms with E-state index in [0.717, 1.165) is 11.8 Å². The monoisotopic (exact) mass is 218 g/mol. The molecule has 0 bridgehead atoms. The molecule has 0 fully saturated rings. The molecule has 0 heterocycles. The Morgan fingerprint density at radius 2 is 1.71 bits per heavy atom. The summed E-state index contributed by atoms with van der Waals surface area (Å²) < 4.78 is 25.8. The lowest BCUT2D eigenvalue weighted by atomic mass is 10.2. The van der Waals surface area contributed by atoms with E-state index in [0.29, 0.717) is 0 Å². The van der Waals surface area contributed by atoms with Crippen LogP contribution in [0.5, 0.6) is 0 Å². The molecule has 0 aliphatic carbocycles. The van der Waals surface area contributed by atoms with Crippen molar-refractivity contribution in [1.82, 2.24) is 0 Å². The fourth-order valence-corrected chi connectivity index (χ4v) is 1.10. The van der Waals surface area contributed by atoms with Crippen LogP contribution in [0.15, 0.2) is 30.3 Å². The van der Waals surface area contributed by atoms with Crippen molar-refractivity contribution in [2.75, 3.05) is 6.26 Å². The van der Waals surface area contributed by atoms with E-state index in [1.54, 1.807) is 0 Å². The van der Waals surface area contributed by atoms with Crippen LogP contribution < -0.4 is 11.7 Å². The second-order valence-corrected chi connectivity index (χ2v) is 4.10. The second kappa shape index (κ2) is 6.50. The molecule has 1 aromatic carbocycles. The van der Waals surface area contributed by atoms with Crippen LogP contribution in [0.2, 0.25) is 0 Å². The molecule has 0 aromatic heterocycles. The molecule has 14 heavy (non-hydrogen) atoms. The average molecular weight is 218 g/mol. The maximum absolute atomic E-state index is 10.6. The first-order valence-electron chi connectivity index (χ1n) is 3.79. The minimum Gasteiger partial charge on any atom is -0.274 e. The summed E-state index contributed by atoms with van der Waals surface area (Å²) in [6.45, 7) is 0.111. The molecule has 1 rings (SSSR count). The summed E-state index contributed by atoms with van der Waals surface area (Å²) in [6, 6.07) is 9.16. The topological polar surface area (TPSA) is 95.4 Å². The van der Waals surface area contributed by atoms with Crippen molar-refractivity contribution < 1.29 is 12.6 Å². The quantitative estimate of drug-likeness (QED) is 0.422. The Hall–Kier alpha value is -0.950. The molecule has 0 aliphatic heterocycles. The van der Waals surface area contributed by atoms with E-state index in [4.69, 9.17) is 0 Å². The predicted molar refractivity (Wildman–Crippen MR) is 54.4 cm³/mol. The van der Waals surface area contributed by atoms with Crippen molar-refractivity contribution >= 4 is 10.1 Å². The van der Waals surface area contributed by atoms with Gasteiger partial charge in [0.25, 0.3) is 10.1 Å². The highest BCUT2D eigenvalue weighted by Gasteiger charge is 2.00. The molecule has 0 atom stereocenters. The Balaban J connectivity index is 0.000000791. The lowest BCUT2D eigenvalue weighted by Gasteiger charge is -1.99. The number of nitrogens with two attached hydrogens (primary N) is 2. The highest BCUT2D eigenvalue weighted by molar-refractivity contribution is 7.85. The van der Waals surface area contributed by atoms with Crippen LogP contribution in [0.3, 0.4) is 0 Å². The molecule has 0 saturated heterocycles. The van der Waals surface area contributed by atoms with Crippen LogP contribution in [0.1, 0.15) is 5.56 Å². The van der Waals surface area contributed by atoms with Crippen LogP contribution in [0.25, 0.3) is 0 Å². The SMILES string of the molecule is CS(=O)(=O)OCc1ccccc1.NN. The normalized spacial score (nSPS) is 10.2. The number of hydrazine groups is 1. The van der Waals surface area contributed by atoms with Crippen LogP contribution in [-0.4, -0.2) is 14.7 Å². The van der Waals surface area contributed by atoms with E-state index in [-0.39, 0.29) is 6.61 Å². The zero-order valence-corrected chi connectivity index (χ0v) is 8.70. The molecule has 0 spiro atoms. The lowest BCUT2D eigenvalue weighted by molar-refractivity contribution is 0.311. The first kappa shape index (κ1) is 13.1. The summed E-state index contributed by atoms with van der Waals surface area (Å²) in [7, 11) is -3.32. The summed E-state index contributed by atoms with van der Waals surface area (Å²) in [6.07, 6.45) is 1.04. The summed E-state index contributed by atoms with van der Waals surface area (Å²) in [5.74, 6) is 8.00. The van der Waals surface area contributed by atoms with E-state index in [9.17, 15) is 8.42 Å². The van der Waals surface area contributed by atoms with E-state index in [2.05, 4.69) is 15.9 Å². The molecule has 5 nitrogen and oxygen atoms in total. The zero-order chi connectivity index (χ0) is 11.0. The molecule has 0 aliphatic rings. The lowest BCUT2D eigenvalue weighted by Crippen LogP contribution is -2.02. The van der Waals surface area contributed by atoms with Crippen LogP contribution in [-0.2, 0) is 20.9 Å². The van der Waals surface area contributed by atoms with Crippen LogP contribution in [0, 0.1) is 0 Å². The van der Waals surface area contributed by atoms with Crippen molar-refractivity contribution in [3.8, 4) is 0 Å². The minimum atomic E-state index is -3.32. The first-order valence-corrected chi connectivity index (χ1v) is 5.61. The smallest absolute Gasteiger partial charge is 0.264 e. The zero-order valence-electron chi connectivity index (χ0n) is 7.88. The molecule has 6 heteroatoms. The molecule has 80 valence electrons. The third-order valence-electron chi connectivity index (χ3n) is 1.28. The van der Waals surface area contributed by atoms with Crippen molar-refractivity contribution in [3.63, 3.8) is 0 Å². The van der Waals surface area contributed by atoms with Gasteiger partial charge >= 0.3 is 0 Å². The van der Waals surface area contributed by atoms with Gasteiger partial charge in [-0.25, -0.2) is 0 Å². The summed E-state index contributed by atoms with van der Waals surface area (Å²) in [5.41, 5.74) is 0.850. The molecule has 0 amide bonds. The molecule has 4 N–H and O–H groups in total. The van der Waals surface area contributed by atoms with Gasteiger partial charge in [-0.3, -0.25) is 15.9 Å². The van der Waals surface area contributed by atoms with Gasteiger partial charge in [-0.2, -0.15) is 8.42 Å². The summed E-state index contributed by atoms with van der Waals surface area (Å²) in [4.78, 5) is 0. The number of rotatable bonds is 3. The van der Waals surface area contributed by atoms with Gasteiger partial charge in [0.05, 0.1) is 12.9 Å². The number of benzene rings is 1. The Morgan fingerprint density at radius 1 is 1.21 bits per heavy atom. The van der Waals surface area contributed by atoms with Crippen molar-refractivity contribution in [2.45, 2.75) is 6.61 Å². The van der Waals surface area contributed by atoms with Gasteiger partial charge in [-0.05, 0) is 5.56 Å². The van der Waals surface area contributed by atoms with Gasteiger partial charge in [0.15, 0.2) is 0 Å². The van der Waals surface area contributed by atoms with E-state index < -0.39 is 10.1 Å². The van der Waals surface area contributed by atoms with E-state index in [1.165, 1.54) is 0 Å². The minimum absolute atomic E-state index is 0.111. The maximum atomic E-state index is 10.6. The Morgan fingerprint density at radius 3 is 2.14 bits per heavy atom. The van der Waals surface area contributed by atoms with Gasteiger partial charge in [0, 0.05) is 0 Å². The van der Waals surface area contributed by atoms with Gasteiger partial charge < -0.3 is 0 Å². The van der Waals surface area contributed by atoms with E-state index in [1.807, 2.05) is 30.3 Å². The highest BCUT2D eigenvalue weighted by atomic mass is 32.2. The Labute approximate surface area is 83.8 Å². The van der Waals surface area contributed by atoms with E-state index >= 15 is 0 Å². The maximum Gasteiger partial charge on any atom is 0.264 e. The van der Waals surface area contributed by atoms with Crippen LogP contribution >= 0.6 is 0 Å². The van der Waals surface area contributed by atoms with Crippen molar-refractivity contribution in [2.24, 2.45) is 11.7 Å². The van der Waals surface area contributed by atoms with Gasteiger partial charge in [0.2, 0.25) is 0 Å². The molecular weight excluding hydrogens is 204 g/mol. The fraction of sp³-hybridized carbons (Fsp3) is 0.250. The molecule has 1 aromatic rings. The summed E-state index contributed by atoms with van der Waals surface area (Å²) >= 11 is 0.